The molecule has 1 aromatic carbocycles. The van der Waals surface area contributed by atoms with E-state index in [1.165, 1.54) is 5.56 Å². The third kappa shape index (κ3) is 2.01. The lowest BCUT2D eigenvalue weighted by Gasteiger charge is -2.01. The fraction of sp³-hybridized carbons (Fsp3) is 0.0588. The number of aromatic nitrogens is 4. The summed E-state index contributed by atoms with van der Waals surface area (Å²) in [6.07, 6.45) is 6.13. The highest BCUT2D eigenvalue weighted by Gasteiger charge is 2.10. The van der Waals surface area contributed by atoms with Crippen LogP contribution >= 0.6 is 0 Å². The van der Waals surface area contributed by atoms with Crippen LogP contribution < -0.4 is 0 Å². The molecule has 4 nitrogen and oxygen atoms in total. The van der Waals surface area contributed by atoms with Crippen LogP contribution in [0.3, 0.4) is 0 Å². The van der Waals surface area contributed by atoms with E-state index in [4.69, 9.17) is 0 Å². The van der Waals surface area contributed by atoms with Gasteiger partial charge in [-0.25, -0.2) is 0 Å². The largest absolute Gasteiger partial charge is 0.357 e. The lowest BCUT2D eigenvalue weighted by atomic mass is 10.1. The first-order valence-electron chi connectivity index (χ1n) is 6.84. The zero-order chi connectivity index (χ0) is 14.2. The van der Waals surface area contributed by atoms with Crippen LogP contribution in [0, 0.1) is 0 Å². The van der Waals surface area contributed by atoms with Crippen molar-refractivity contribution < 1.29 is 0 Å². The molecule has 1 N–H and O–H groups in total. The molecule has 0 bridgehead atoms. The SMILES string of the molecule is Cn1ccc(-c2c[nH]c3nnc(-c4ccccc4)cc23)c1. The predicted octanol–water partition coefficient (Wildman–Crippen LogP) is 3.63. The Morgan fingerprint density at radius 1 is 1.00 bits per heavy atom. The van der Waals surface area contributed by atoms with Crippen molar-refractivity contribution in [2.75, 3.05) is 0 Å². The van der Waals surface area contributed by atoms with E-state index in [0.717, 1.165) is 27.9 Å². The minimum atomic E-state index is 0.813. The summed E-state index contributed by atoms with van der Waals surface area (Å²) in [5, 5.41) is 9.69. The third-order valence-electron chi connectivity index (χ3n) is 3.65. The van der Waals surface area contributed by atoms with Crippen molar-refractivity contribution in [3.8, 4) is 22.4 Å². The molecule has 4 rings (SSSR count). The molecule has 4 aromatic rings. The molecule has 3 heterocycles. The highest BCUT2D eigenvalue weighted by atomic mass is 15.1. The van der Waals surface area contributed by atoms with Gasteiger partial charge in [-0.15, -0.1) is 10.2 Å². The molecule has 0 saturated heterocycles. The first-order chi connectivity index (χ1) is 10.3. The molecule has 21 heavy (non-hydrogen) atoms. The average molecular weight is 274 g/mol. The Morgan fingerprint density at radius 3 is 2.62 bits per heavy atom. The molecule has 0 spiro atoms. The number of rotatable bonds is 2. The first-order valence-corrected chi connectivity index (χ1v) is 6.84. The van der Waals surface area contributed by atoms with Gasteiger partial charge in [0.1, 0.15) is 0 Å². The summed E-state index contributed by atoms with van der Waals surface area (Å²) < 4.78 is 2.04. The minimum absolute atomic E-state index is 0.813. The fourth-order valence-electron chi connectivity index (χ4n) is 2.57. The van der Waals surface area contributed by atoms with Gasteiger partial charge in [-0.2, -0.15) is 0 Å². The molecule has 0 radical (unpaired) electrons. The summed E-state index contributed by atoms with van der Waals surface area (Å²) >= 11 is 0. The van der Waals surface area contributed by atoms with Crippen molar-refractivity contribution in [1.82, 2.24) is 19.7 Å². The second kappa shape index (κ2) is 4.59. The Labute approximate surface area is 122 Å². The highest BCUT2D eigenvalue weighted by Crippen LogP contribution is 2.29. The van der Waals surface area contributed by atoms with Crippen LogP contribution in [0.1, 0.15) is 0 Å². The number of nitrogens with zero attached hydrogens (tertiary/aromatic N) is 3. The molecule has 3 aromatic heterocycles. The summed E-state index contributed by atoms with van der Waals surface area (Å²) in [6.45, 7) is 0. The van der Waals surface area contributed by atoms with Crippen LogP contribution in [0.4, 0.5) is 0 Å². The molecule has 0 aliphatic carbocycles. The average Bonchev–Trinajstić information content (AvgIpc) is 3.13. The maximum absolute atomic E-state index is 4.30. The number of hydrogen-bond donors (Lipinski definition) is 1. The topological polar surface area (TPSA) is 46.5 Å². The van der Waals surface area contributed by atoms with Gasteiger partial charge in [0.25, 0.3) is 0 Å². The van der Waals surface area contributed by atoms with E-state index >= 15 is 0 Å². The van der Waals surface area contributed by atoms with Crippen LogP contribution in [0.25, 0.3) is 33.4 Å². The smallest absolute Gasteiger partial charge is 0.160 e. The lowest BCUT2D eigenvalue weighted by molar-refractivity contribution is 0.929. The first kappa shape index (κ1) is 11.9. The van der Waals surface area contributed by atoms with Gasteiger partial charge in [-0.05, 0) is 12.1 Å². The molecule has 0 atom stereocenters. The second-order valence-electron chi connectivity index (χ2n) is 5.13. The molecule has 0 aliphatic rings. The van der Waals surface area contributed by atoms with Gasteiger partial charge >= 0.3 is 0 Å². The molecule has 0 unspecified atom stereocenters. The van der Waals surface area contributed by atoms with Crippen LogP contribution in [0.2, 0.25) is 0 Å². The molecular weight excluding hydrogens is 260 g/mol. The summed E-state index contributed by atoms with van der Waals surface area (Å²) in [5.41, 5.74) is 5.11. The Morgan fingerprint density at radius 2 is 1.86 bits per heavy atom. The number of aromatic amines is 1. The van der Waals surface area contributed by atoms with E-state index in [1.54, 1.807) is 0 Å². The lowest BCUT2D eigenvalue weighted by Crippen LogP contribution is -1.88. The molecular formula is C17H14N4. The van der Waals surface area contributed by atoms with E-state index < -0.39 is 0 Å². The van der Waals surface area contributed by atoms with Crippen molar-refractivity contribution in [3.05, 3.63) is 61.1 Å². The second-order valence-corrected chi connectivity index (χ2v) is 5.13. The zero-order valence-electron chi connectivity index (χ0n) is 11.6. The Bertz CT molecular complexity index is 903. The number of H-pyrrole nitrogens is 1. The normalized spacial score (nSPS) is 11.1. The van der Waals surface area contributed by atoms with Crippen molar-refractivity contribution in [1.29, 1.82) is 0 Å². The highest BCUT2D eigenvalue weighted by molar-refractivity contribution is 5.94. The van der Waals surface area contributed by atoms with Gasteiger partial charge in [0.2, 0.25) is 0 Å². The van der Waals surface area contributed by atoms with Crippen molar-refractivity contribution in [2.24, 2.45) is 7.05 Å². The summed E-state index contributed by atoms with van der Waals surface area (Å²) in [4.78, 5) is 3.19. The molecule has 4 heteroatoms. The number of nitrogens with one attached hydrogen (secondary N) is 1. The molecule has 102 valence electrons. The minimum Gasteiger partial charge on any atom is -0.357 e. The molecule has 0 aliphatic heterocycles. The summed E-state index contributed by atoms with van der Waals surface area (Å²) in [6, 6.07) is 14.3. The van der Waals surface area contributed by atoms with E-state index in [9.17, 15) is 0 Å². The maximum atomic E-state index is 4.30. The van der Waals surface area contributed by atoms with Crippen molar-refractivity contribution in [3.63, 3.8) is 0 Å². The van der Waals surface area contributed by atoms with Crippen LogP contribution in [0.15, 0.2) is 61.1 Å². The molecule has 0 amide bonds. The van der Waals surface area contributed by atoms with Gasteiger partial charge < -0.3 is 9.55 Å². The Hall–Kier alpha value is -2.88. The third-order valence-corrected chi connectivity index (χ3v) is 3.65. The van der Waals surface area contributed by atoms with Gasteiger partial charge in [-0.3, -0.25) is 0 Å². The number of hydrogen-bond acceptors (Lipinski definition) is 2. The van der Waals surface area contributed by atoms with Gasteiger partial charge in [0, 0.05) is 47.7 Å². The van der Waals surface area contributed by atoms with Crippen molar-refractivity contribution >= 4 is 11.0 Å². The number of benzene rings is 1. The van der Waals surface area contributed by atoms with E-state index in [-0.39, 0.29) is 0 Å². The van der Waals surface area contributed by atoms with Crippen LogP contribution in [-0.2, 0) is 7.05 Å². The van der Waals surface area contributed by atoms with Gasteiger partial charge in [0.05, 0.1) is 5.69 Å². The monoisotopic (exact) mass is 274 g/mol. The number of fused-ring (bicyclic) bond motifs is 1. The standard InChI is InChI=1S/C17H14N4/c1-21-8-7-13(11-21)15-10-18-17-14(15)9-16(19-20-17)12-5-3-2-4-6-12/h2-11H,1H3,(H,18,20). The Kier molecular flexibility index (Phi) is 2.60. The quantitative estimate of drug-likeness (QED) is 0.606. The number of aryl methyl sites for hydroxylation is 1. The Balaban J connectivity index is 1.90. The van der Waals surface area contributed by atoms with E-state index in [1.807, 2.05) is 54.3 Å². The predicted molar refractivity (Wildman–Crippen MR) is 83.7 cm³/mol. The van der Waals surface area contributed by atoms with Gasteiger partial charge in [-0.1, -0.05) is 30.3 Å². The van der Waals surface area contributed by atoms with Gasteiger partial charge in [0.15, 0.2) is 5.65 Å². The molecule has 0 fully saturated rings. The van der Waals surface area contributed by atoms with Crippen LogP contribution in [0.5, 0.6) is 0 Å². The summed E-state index contributed by atoms with van der Waals surface area (Å²) in [5.74, 6) is 0. The van der Waals surface area contributed by atoms with Crippen molar-refractivity contribution in [2.45, 2.75) is 0 Å². The van der Waals surface area contributed by atoms with E-state index in [0.29, 0.717) is 0 Å². The fourth-order valence-corrected chi connectivity index (χ4v) is 2.57. The van der Waals surface area contributed by atoms with Crippen LogP contribution in [-0.4, -0.2) is 19.7 Å². The molecule has 0 saturated carbocycles. The zero-order valence-corrected chi connectivity index (χ0v) is 11.6. The maximum Gasteiger partial charge on any atom is 0.160 e. The summed E-state index contributed by atoms with van der Waals surface area (Å²) in [7, 11) is 2.02. The van der Waals surface area contributed by atoms with E-state index in [2.05, 4.69) is 33.5 Å².